The van der Waals surface area contributed by atoms with Crippen LogP contribution in [0.15, 0.2) is 24.3 Å². The predicted molar refractivity (Wildman–Crippen MR) is 94.9 cm³/mol. The second-order valence-corrected chi connectivity index (χ2v) is 6.95. The molecule has 0 spiro atoms. The molecular formula is C19H29N3O2. The van der Waals surface area contributed by atoms with Gasteiger partial charge in [0.25, 0.3) is 0 Å². The van der Waals surface area contributed by atoms with E-state index in [0.717, 1.165) is 45.0 Å². The number of hydrogen-bond acceptors (Lipinski definition) is 4. The molecule has 0 aliphatic carbocycles. The standard InChI is InChI=1S/C19H29N3O2/c1-16-4-2-5-17(12-16)13-20-19(23)15-21-7-3-6-18(14-21)22-8-10-24-11-9-22/h2,4-5,12,18H,3,6-11,13-15H2,1H3,(H,20,23)/t18-/m0/s1. The number of benzene rings is 1. The molecule has 2 heterocycles. The fourth-order valence-electron chi connectivity index (χ4n) is 3.70. The molecule has 1 atom stereocenters. The summed E-state index contributed by atoms with van der Waals surface area (Å²) in [5, 5.41) is 3.05. The van der Waals surface area contributed by atoms with E-state index in [1.165, 1.54) is 18.4 Å². The molecule has 1 amide bonds. The maximum Gasteiger partial charge on any atom is 0.234 e. The molecule has 3 rings (SSSR count). The van der Waals surface area contributed by atoms with Crippen LogP contribution in [0.1, 0.15) is 24.0 Å². The Balaban J connectivity index is 1.43. The summed E-state index contributed by atoms with van der Waals surface area (Å²) in [6.45, 7) is 8.95. The second-order valence-electron chi connectivity index (χ2n) is 6.95. The number of nitrogens with one attached hydrogen (secondary N) is 1. The summed E-state index contributed by atoms with van der Waals surface area (Å²) >= 11 is 0. The van der Waals surface area contributed by atoms with Crippen molar-refractivity contribution < 1.29 is 9.53 Å². The molecular weight excluding hydrogens is 302 g/mol. The number of rotatable bonds is 5. The van der Waals surface area contributed by atoms with Gasteiger partial charge in [-0.15, -0.1) is 0 Å². The molecule has 2 aliphatic heterocycles. The Bertz CT molecular complexity index is 543. The van der Waals surface area contributed by atoms with Gasteiger partial charge in [0.1, 0.15) is 0 Å². The third kappa shape index (κ3) is 5.03. The molecule has 1 aromatic rings. The molecule has 1 aromatic carbocycles. The largest absolute Gasteiger partial charge is 0.379 e. The number of amides is 1. The van der Waals surface area contributed by atoms with Crippen molar-refractivity contribution >= 4 is 5.91 Å². The van der Waals surface area contributed by atoms with Crippen LogP contribution in [-0.4, -0.2) is 67.7 Å². The number of piperidine rings is 1. The van der Waals surface area contributed by atoms with Gasteiger partial charge < -0.3 is 10.1 Å². The monoisotopic (exact) mass is 331 g/mol. The summed E-state index contributed by atoms with van der Waals surface area (Å²) in [5.74, 6) is 0.124. The van der Waals surface area contributed by atoms with Crippen molar-refractivity contribution in [1.29, 1.82) is 0 Å². The molecule has 2 fully saturated rings. The van der Waals surface area contributed by atoms with Gasteiger partial charge in [0.05, 0.1) is 19.8 Å². The Kier molecular flexibility index (Phi) is 6.24. The zero-order valence-corrected chi connectivity index (χ0v) is 14.7. The minimum atomic E-state index is 0.124. The van der Waals surface area contributed by atoms with Crippen LogP contribution in [0.3, 0.4) is 0 Å². The Labute approximate surface area is 145 Å². The predicted octanol–water partition coefficient (Wildman–Crippen LogP) is 1.41. The highest BCUT2D eigenvalue weighted by Crippen LogP contribution is 2.17. The average molecular weight is 331 g/mol. The van der Waals surface area contributed by atoms with Crippen LogP contribution in [0.4, 0.5) is 0 Å². The van der Waals surface area contributed by atoms with Gasteiger partial charge in [0.2, 0.25) is 5.91 Å². The van der Waals surface area contributed by atoms with Crippen LogP contribution < -0.4 is 5.32 Å². The number of carbonyl (C=O) groups is 1. The van der Waals surface area contributed by atoms with E-state index in [1.807, 2.05) is 6.07 Å². The highest BCUT2D eigenvalue weighted by Gasteiger charge is 2.27. The summed E-state index contributed by atoms with van der Waals surface area (Å²) in [6.07, 6.45) is 2.41. The summed E-state index contributed by atoms with van der Waals surface area (Å²) in [7, 11) is 0. The molecule has 0 radical (unpaired) electrons. The fraction of sp³-hybridized carbons (Fsp3) is 0.632. The summed E-state index contributed by atoms with van der Waals surface area (Å²) < 4.78 is 5.44. The SMILES string of the molecule is Cc1cccc(CNC(=O)CN2CCC[C@H](N3CCOCC3)C2)c1. The maximum atomic E-state index is 12.3. The quantitative estimate of drug-likeness (QED) is 0.886. The van der Waals surface area contributed by atoms with Gasteiger partial charge >= 0.3 is 0 Å². The first-order valence-corrected chi connectivity index (χ1v) is 9.07. The molecule has 2 saturated heterocycles. The van der Waals surface area contributed by atoms with E-state index in [2.05, 4.69) is 40.2 Å². The van der Waals surface area contributed by atoms with Gasteiger partial charge in [-0.05, 0) is 31.9 Å². The molecule has 0 bridgehead atoms. The first-order valence-electron chi connectivity index (χ1n) is 9.07. The lowest BCUT2D eigenvalue weighted by Crippen LogP contribution is -2.53. The van der Waals surface area contributed by atoms with E-state index in [4.69, 9.17) is 4.74 Å². The van der Waals surface area contributed by atoms with Gasteiger partial charge in [0.15, 0.2) is 0 Å². The van der Waals surface area contributed by atoms with Crippen molar-refractivity contribution in [2.75, 3.05) is 45.9 Å². The van der Waals surface area contributed by atoms with E-state index in [0.29, 0.717) is 19.1 Å². The first kappa shape index (κ1) is 17.4. The molecule has 5 nitrogen and oxygen atoms in total. The minimum absolute atomic E-state index is 0.124. The van der Waals surface area contributed by atoms with Crippen molar-refractivity contribution in [3.63, 3.8) is 0 Å². The smallest absolute Gasteiger partial charge is 0.234 e. The van der Waals surface area contributed by atoms with Crippen molar-refractivity contribution in [3.05, 3.63) is 35.4 Å². The third-order valence-corrected chi connectivity index (χ3v) is 4.98. The summed E-state index contributed by atoms with van der Waals surface area (Å²) in [4.78, 5) is 17.1. The van der Waals surface area contributed by atoms with Gasteiger partial charge in [-0.25, -0.2) is 0 Å². The average Bonchev–Trinajstić information content (AvgIpc) is 2.61. The lowest BCUT2D eigenvalue weighted by atomic mass is 10.0. The van der Waals surface area contributed by atoms with Gasteiger partial charge in [0, 0.05) is 32.2 Å². The first-order chi connectivity index (χ1) is 11.7. The number of likely N-dealkylation sites (tertiary alicyclic amines) is 1. The normalized spacial score (nSPS) is 23.1. The molecule has 5 heteroatoms. The molecule has 1 N–H and O–H groups in total. The Hall–Kier alpha value is -1.43. The Morgan fingerprint density at radius 3 is 2.92 bits per heavy atom. The van der Waals surface area contributed by atoms with Crippen molar-refractivity contribution in [3.8, 4) is 0 Å². The summed E-state index contributed by atoms with van der Waals surface area (Å²) in [5.41, 5.74) is 2.39. The Morgan fingerprint density at radius 1 is 1.29 bits per heavy atom. The van der Waals surface area contributed by atoms with Crippen LogP contribution in [0.2, 0.25) is 0 Å². The number of ether oxygens (including phenoxy) is 1. The van der Waals surface area contributed by atoms with Crippen LogP contribution in [0.5, 0.6) is 0 Å². The highest BCUT2D eigenvalue weighted by molar-refractivity contribution is 5.78. The van der Waals surface area contributed by atoms with Crippen LogP contribution in [0.25, 0.3) is 0 Å². The topological polar surface area (TPSA) is 44.8 Å². The zero-order chi connectivity index (χ0) is 16.8. The fourth-order valence-corrected chi connectivity index (χ4v) is 3.70. The third-order valence-electron chi connectivity index (χ3n) is 4.98. The lowest BCUT2D eigenvalue weighted by Gasteiger charge is -2.40. The van der Waals surface area contributed by atoms with Crippen LogP contribution >= 0.6 is 0 Å². The second kappa shape index (κ2) is 8.60. The number of hydrogen-bond donors (Lipinski definition) is 1. The maximum absolute atomic E-state index is 12.3. The van der Waals surface area contributed by atoms with E-state index in [-0.39, 0.29) is 5.91 Å². The van der Waals surface area contributed by atoms with Gasteiger partial charge in [-0.3, -0.25) is 14.6 Å². The van der Waals surface area contributed by atoms with Crippen LogP contribution in [-0.2, 0) is 16.1 Å². The number of nitrogens with zero attached hydrogens (tertiary/aromatic N) is 2. The molecule has 0 aromatic heterocycles. The van der Waals surface area contributed by atoms with E-state index < -0.39 is 0 Å². The molecule has 132 valence electrons. The molecule has 0 unspecified atom stereocenters. The summed E-state index contributed by atoms with van der Waals surface area (Å²) in [6, 6.07) is 8.87. The van der Waals surface area contributed by atoms with Gasteiger partial charge in [-0.2, -0.15) is 0 Å². The van der Waals surface area contributed by atoms with E-state index in [9.17, 15) is 4.79 Å². The molecule has 0 saturated carbocycles. The number of aryl methyl sites for hydroxylation is 1. The Morgan fingerprint density at radius 2 is 2.12 bits per heavy atom. The lowest BCUT2D eigenvalue weighted by molar-refractivity contribution is -0.123. The van der Waals surface area contributed by atoms with Crippen molar-refractivity contribution in [1.82, 2.24) is 15.1 Å². The van der Waals surface area contributed by atoms with Gasteiger partial charge in [-0.1, -0.05) is 29.8 Å². The number of morpholine rings is 1. The molecule has 2 aliphatic rings. The number of carbonyl (C=O) groups excluding carboxylic acids is 1. The zero-order valence-electron chi connectivity index (χ0n) is 14.7. The highest BCUT2D eigenvalue weighted by atomic mass is 16.5. The minimum Gasteiger partial charge on any atom is -0.379 e. The van der Waals surface area contributed by atoms with Crippen LogP contribution in [0, 0.1) is 6.92 Å². The van der Waals surface area contributed by atoms with Crippen molar-refractivity contribution in [2.45, 2.75) is 32.4 Å². The van der Waals surface area contributed by atoms with E-state index >= 15 is 0 Å². The van der Waals surface area contributed by atoms with Crippen molar-refractivity contribution in [2.24, 2.45) is 0 Å². The van der Waals surface area contributed by atoms with E-state index in [1.54, 1.807) is 0 Å². The molecule has 24 heavy (non-hydrogen) atoms.